The number of hydrogen-bond acceptors (Lipinski definition) is 2. The molecule has 0 aliphatic heterocycles. The Morgan fingerprint density at radius 2 is 1.79 bits per heavy atom. The van der Waals surface area contributed by atoms with Crippen LogP contribution in [0.15, 0.2) is 36.4 Å². The SMILES string of the molecule is Cc1cc(C(=O)O)ccc1Nc1cc(F)ccc1C. The molecular weight excluding hydrogens is 245 g/mol. The third-order valence-corrected chi connectivity index (χ3v) is 2.94. The number of rotatable bonds is 3. The van der Waals surface area contributed by atoms with Crippen molar-refractivity contribution in [2.45, 2.75) is 13.8 Å². The fourth-order valence-electron chi connectivity index (χ4n) is 1.81. The Hall–Kier alpha value is -2.36. The van der Waals surface area contributed by atoms with Gasteiger partial charge in [-0.15, -0.1) is 0 Å². The van der Waals surface area contributed by atoms with Crippen LogP contribution in [-0.2, 0) is 0 Å². The van der Waals surface area contributed by atoms with E-state index >= 15 is 0 Å². The van der Waals surface area contributed by atoms with Crippen LogP contribution >= 0.6 is 0 Å². The van der Waals surface area contributed by atoms with Gasteiger partial charge in [0.05, 0.1) is 5.56 Å². The molecule has 98 valence electrons. The molecule has 2 N–H and O–H groups in total. The molecule has 0 bridgehead atoms. The summed E-state index contributed by atoms with van der Waals surface area (Å²) < 4.78 is 13.2. The number of halogens is 1. The molecule has 0 atom stereocenters. The van der Waals surface area contributed by atoms with Gasteiger partial charge in [-0.3, -0.25) is 0 Å². The summed E-state index contributed by atoms with van der Waals surface area (Å²) in [6.07, 6.45) is 0. The van der Waals surface area contributed by atoms with Gasteiger partial charge in [-0.05, 0) is 55.3 Å². The summed E-state index contributed by atoms with van der Waals surface area (Å²) in [4.78, 5) is 10.9. The van der Waals surface area contributed by atoms with Crippen LogP contribution in [0.1, 0.15) is 21.5 Å². The second-order valence-corrected chi connectivity index (χ2v) is 4.42. The topological polar surface area (TPSA) is 49.3 Å². The first kappa shape index (κ1) is 13.1. The zero-order valence-electron chi connectivity index (χ0n) is 10.7. The smallest absolute Gasteiger partial charge is 0.335 e. The summed E-state index contributed by atoms with van der Waals surface area (Å²) in [5.74, 6) is -1.27. The average molecular weight is 259 g/mol. The van der Waals surface area contributed by atoms with Gasteiger partial charge >= 0.3 is 5.97 Å². The van der Waals surface area contributed by atoms with E-state index in [2.05, 4.69) is 5.32 Å². The maximum Gasteiger partial charge on any atom is 0.335 e. The van der Waals surface area contributed by atoms with Gasteiger partial charge in [0.1, 0.15) is 5.82 Å². The van der Waals surface area contributed by atoms with Crippen molar-refractivity contribution in [3.63, 3.8) is 0 Å². The number of aryl methyl sites for hydroxylation is 2. The molecule has 3 nitrogen and oxygen atoms in total. The van der Waals surface area contributed by atoms with E-state index in [1.165, 1.54) is 18.2 Å². The van der Waals surface area contributed by atoms with Crippen LogP contribution in [0.4, 0.5) is 15.8 Å². The Morgan fingerprint density at radius 1 is 1.05 bits per heavy atom. The van der Waals surface area contributed by atoms with Crippen LogP contribution in [0.25, 0.3) is 0 Å². The summed E-state index contributed by atoms with van der Waals surface area (Å²) in [5.41, 5.74) is 3.38. The monoisotopic (exact) mass is 259 g/mol. The maximum absolute atomic E-state index is 13.2. The second-order valence-electron chi connectivity index (χ2n) is 4.42. The lowest BCUT2D eigenvalue weighted by atomic mass is 10.1. The minimum atomic E-state index is -0.961. The van der Waals surface area contributed by atoms with Crippen molar-refractivity contribution in [3.05, 3.63) is 58.9 Å². The van der Waals surface area contributed by atoms with Gasteiger partial charge < -0.3 is 10.4 Å². The average Bonchev–Trinajstić information content (AvgIpc) is 2.36. The quantitative estimate of drug-likeness (QED) is 0.879. The zero-order valence-corrected chi connectivity index (χ0v) is 10.7. The maximum atomic E-state index is 13.2. The van der Waals surface area contributed by atoms with Crippen molar-refractivity contribution in [2.75, 3.05) is 5.32 Å². The standard InChI is InChI=1S/C15H14FNO2/c1-9-3-5-12(16)8-14(9)17-13-6-4-11(15(18)19)7-10(13)2/h3-8,17H,1-2H3,(H,18,19). The molecule has 19 heavy (non-hydrogen) atoms. The van der Waals surface area contributed by atoms with Crippen LogP contribution in [0.2, 0.25) is 0 Å². The van der Waals surface area contributed by atoms with Crippen LogP contribution in [0, 0.1) is 19.7 Å². The summed E-state index contributed by atoms with van der Waals surface area (Å²) >= 11 is 0. The number of nitrogens with one attached hydrogen (secondary N) is 1. The lowest BCUT2D eigenvalue weighted by molar-refractivity contribution is 0.0697. The molecule has 2 aromatic carbocycles. The van der Waals surface area contributed by atoms with Crippen LogP contribution < -0.4 is 5.32 Å². The van der Waals surface area contributed by atoms with Crippen molar-refractivity contribution in [1.29, 1.82) is 0 Å². The molecule has 0 fully saturated rings. The molecule has 0 amide bonds. The number of carboxylic acids is 1. The van der Waals surface area contributed by atoms with Crippen molar-refractivity contribution in [2.24, 2.45) is 0 Å². The number of benzene rings is 2. The van der Waals surface area contributed by atoms with Crippen molar-refractivity contribution in [1.82, 2.24) is 0 Å². The molecule has 0 aliphatic rings. The van der Waals surface area contributed by atoms with E-state index < -0.39 is 5.97 Å². The van der Waals surface area contributed by atoms with Gasteiger partial charge in [0.15, 0.2) is 0 Å². The summed E-state index contributed by atoms with van der Waals surface area (Å²) in [6.45, 7) is 3.69. The zero-order chi connectivity index (χ0) is 14.0. The van der Waals surface area contributed by atoms with Gasteiger partial charge in [0.2, 0.25) is 0 Å². The molecule has 0 aromatic heterocycles. The number of carboxylic acid groups (broad SMARTS) is 1. The molecule has 0 aliphatic carbocycles. The molecule has 2 rings (SSSR count). The molecule has 4 heteroatoms. The first-order chi connectivity index (χ1) is 8.97. The Morgan fingerprint density at radius 3 is 2.42 bits per heavy atom. The Balaban J connectivity index is 2.33. The van der Waals surface area contributed by atoms with Gasteiger partial charge in [-0.1, -0.05) is 6.07 Å². The lowest BCUT2D eigenvalue weighted by Crippen LogP contribution is -2.00. The molecule has 2 aromatic rings. The second kappa shape index (κ2) is 5.10. The van der Waals surface area contributed by atoms with Crippen molar-refractivity contribution < 1.29 is 14.3 Å². The van der Waals surface area contributed by atoms with Crippen LogP contribution in [0.5, 0.6) is 0 Å². The molecule has 0 saturated heterocycles. The van der Waals surface area contributed by atoms with Crippen molar-refractivity contribution >= 4 is 17.3 Å². The highest BCUT2D eigenvalue weighted by Crippen LogP contribution is 2.24. The predicted molar refractivity (Wildman–Crippen MR) is 72.6 cm³/mol. The van der Waals surface area contributed by atoms with E-state index in [-0.39, 0.29) is 11.4 Å². The number of anilines is 2. The fourth-order valence-corrected chi connectivity index (χ4v) is 1.81. The van der Waals surface area contributed by atoms with Gasteiger partial charge in [-0.2, -0.15) is 0 Å². The molecule has 0 radical (unpaired) electrons. The molecule has 0 unspecified atom stereocenters. The Labute approximate surface area is 110 Å². The van der Waals surface area contributed by atoms with E-state index in [1.54, 1.807) is 18.2 Å². The Kier molecular flexibility index (Phi) is 3.51. The third kappa shape index (κ3) is 2.91. The molecule has 0 spiro atoms. The molecule has 0 heterocycles. The van der Waals surface area contributed by atoms with Gasteiger partial charge in [0.25, 0.3) is 0 Å². The number of carbonyl (C=O) groups is 1. The number of hydrogen-bond donors (Lipinski definition) is 2. The first-order valence-corrected chi connectivity index (χ1v) is 5.84. The first-order valence-electron chi connectivity index (χ1n) is 5.84. The van der Waals surface area contributed by atoms with Crippen LogP contribution in [-0.4, -0.2) is 11.1 Å². The molecular formula is C15H14FNO2. The van der Waals surface area contributed by atoms with Gasteiger partial charge in [0, 0.05) is 11.4 Å². The fraction of sp³-hybridized carbons (Fsp3) is 0.133. The normalized spacial score (nSPS) is 10.3. The van der Waals surface area contributed by atoms with E-state index in [0.29, 0.717) is 5.69 Å². The minimum absolute atomic E-state index is 0.235. The Bertz CT molecular complexity index is 638. The van der Waals surface area contributed by atoms with E-state index in [4.69, 9.17) is 5.11 Å². The highest BCUT2D eigenvalue weighted by atomic mass is 19.1. The number of aromatic carboxylic acids is 1. The van der Waals surface area contributed by atoms with E-state index in [0.717, 1.165) is 16.8 Å². The highest BCUT2D eigenvalue weighted by molar-refractivity contribution is 5.88. The predicted octanol–water partition coefficient (Wildman–Crippen LogP) is 3.88. The summed E-state index contributed by atoms with van der Waals surface area (Å²) in [7, 11) is 0. The lowest BCUT2D eigenvalue weighted by Gasteiger charge is -2.12. The van der Waals surface area contributed by atoms with Crippen LogP contribution in [0.3, 0.4) is 0 Å². The minimum Gasteiger partial charge on any atom is -0.478 e. The van der Waals surface area contributed by atoms with Crippen molar-refractivity contribution in [3.8, 4) is 0 Å². The third-order valence-electron chi connectivity index (χ3n) is 2.94. The summed E-state index contributed by atoms with van der Waals surface area (Å²) in [5, 5.41) is 12.0. The van der Waals surface area contributed by atoms with E-state index in [9.17, 15) is 9.18 Å². The van der Waals surface area contributed by atoms with Gasteiger partial charge in [-0.25, -0.2) is 9.18 Å². The highest BCUT2D eigenvalue weighted by Gasteiger charge is 2.07. The molecule has 0 saturated carbocycles. The summed E-state index contributed by atoms with van der Waals surface area (Å²) in [6, 6.07) is 9.30. The van der Waals surface area contributed by atoms with E-state index in [1.807, 2.05) is 13.8 Å². The largest absolute Gasteiger partial charge is 0.478 e.